The van der Waals surface area contributed by atoms with Gasteiger partial charge in [-0.2, -0.15) is 0 Å². The predicted molar refractivity (Wildman–Crippen MR) is 107 cm³/mol. The van der Waals surface area contributed by atoms with Crippen LogP contribution in [0.3, 0.4) is 0 Å². The molecule has 2 aromatic carbocycles. The Morgan fingerprint density at radius 1 is 0.963 bits per heavy atom. The third-order valence-electron chi connectivity index (χ3n) is 6.07. The Hall–Kier alpha value is -2.07. The lowest BCUT2D eigenvalue weighted by molar-refractivity contribution is -0.143. The first-order chi connectivity index (χ1) is 13.2. The fourth-order valence-corrected chi connectivity index (χ4v) is 4.42. The first-order valence-corrected chi connectivity index (χ1v) is 10.3. The normalized spacial score (nSPS) is 20.0. The maximum absolute atomic E-state index is 11.1. The number of carboxylic acids is 1. The van der Waals surface area contributed by atoms with Crippen LogP contribution in [0.5, 0.6) is 5.75 Å². The van der Waals surface area contributed by atoms with Crippen molar-refractivity contribution in [2.24, 2.45) is 5.92 Å². The fraction of sp³-hybridized carbons (Fsp3) is 0.522. The Balaban J connectivity index is 1.39. The monoisotopic (exact) mass is 367 g/mol. The van der Waals surface area contributed by atoms with Gasteiger partial charge in [-0.15, -0.1) is 0 Å². The third-order valence-corrected chi connectivity index (χ3v) is 6.07. The summed E-state index contributed by atoms with van der Waals surface area (Å²) < 4.78 is 6.19. The van der Waals surface area contributed by atoms with E-state index in [1.54, 1.807) is 0 Å². The number of likely N-dealkylation sites (tertiary alicyclic amines) is 1. The van der Waals surface area contributed by atoms with Gasteiger partial charge in [0.15, 0.2) is 0 Å². The number of piperidine rings is 1. The van der Waals surface area contributed by atoms with E-state index in [1.807, 2.05) is 0 Å². The van der Waals surface area contributed by atoms with E-state index in [2.05, 4.69) is 41.3 Å². The van der Waals surface area contributed by atoms with Gasteiger partial charge in [-0.05, 0) is 86.1 Å². The van der Waals surface area contributed by atoms with Crippen molar-refractivity contribution in [1.82, 2.24) is 4.90 Å². The second-order valence-corrected chi connectivity index (χ2v) is 8.11. The molecule has 0 spiro atoms. The van der Waals surface area contributed by atoms with Gasteiger partial charge in [0.2, 0.25) is 0 Å². The maximum atomic E-state index is 11.1. The summed E-state index contributed by atoms with van der Waals surface area (Å²) in [6.07, 6.45) is 8.15. The van der Waals surface area contributed by atoms with E-state index >= 15 is 0 Å². The van der Waals surface area contributed by atoms with Gasteiger partial charge in [0.25, 0.3) is 0 Å². The topological polar surface area (TPSA) is 49.8 Å². The molecule has 1 aliphatic carbocycles. The summed E-state index contributed by atoms with van der Waals surface area (Å²) in [5.41, 5.74) is 1.29. The number of rotatable bonds is 5. The molecule has 4 nitrogen and oxygen atoms in total. The van der Waals surface area contributed by atoms with Gasteiger partial charge in [-0.1, -0.05) is 24.6 Å². The minimum Gasteiger partial charge on any atom is -0.490 e. The quantitative estimate of drug-likeness (QED) is 0.821. The molecular weight excluding hydrogens is 338 g/mol. The SMILES string of the molecule is O=C(O)C1CCN(Cc2ccc3cc(OC4CCCCC4)ccc3c2)CC1. The molecular formula is C23H29NO3. The molecule has 1 aliphatic heterocycles. The molecule has 0 bridgehead atoms. The van der Waals surface area contributed by atoms with E-state index in [0.29, 0.717) is 6.10 Å². The van der Waals surface area contributed by atoms with Crippen LogP contribution in [0.4, 0.5) is 0 Å². The number of hydrogen-bond acceptors (Lipinski definition) is 3. The number of aliphatic carboxylic acids is 1. The number of fused-ring (bicyclic) bond motifs is 1. The Morgan fingerprint density at radius 3 is 2.41 bits per heavy atom. The molecule has 0 unspecified atom stereocenters. The lowest BCUT2D eigenvalue weighted by atomic mass is 9.96. The lowest BCUT2D eigenvalue weighted by Gasteiger charge is -2.30. The largest absolute Gasteiger partial charge is 0.490 e. The van der Waals surface area contributed by atoms with Crippen LogP contribution < -0.4 is 4.74 Å². The van der Waals surface area contributed by atoms with Crippen molar-refractivity contribution in [3.05, 3.63) is 42.0 Å². The number of ether oxygens (including phenoxy) is 1. The molecule has 0 aromatic heterocycles. The van der Waals surface area contributed by atoms with E-state index in [-0.39, 0.29) is 5.92 Å². The maximum Gasteiger partial charge on any atom is 0.306 e. The summed E-state index contributed by atoms with van der Waals surface area (Å²) >= 11 is 0. The number of hydrogen-bond donors (Lipinski definition) is 1. The predicted octanol–water partition coefficient (Wildman–Crippen LogP) is 4.85. The van der Waals surface area contributed by atoms with Gasteiger partial charge >= 0.3 is 5.97 Å². The van der Waals surface area contributed by atoms with E-state index < -0.39 is 5.97 Å². The van der Waals surface area contributed by atoms with Crippen LogP contribution in [0.25, 0.3) is 10.8 Å². The van der Waals surface area contributed by atoms with Crippen molar-refractivity contribution in [2.45, 2.75) is 57.6 Å². The van der Waals surface area contributed by atoms with Crippen molar-refractivity contribution in [1.29, 1.82) is 0 Å². The molecule has 1 N–H and O–H groups in total. The van der Waals surface area contributed by atoms with E-state index in [1.165, 1.54) is 48.4 Å². The second-order valence-electron chi connectivity index (χ2n) is 8.11. The molecule has 1 saturated carbocycles. The highest BCUT2D eigenvalue weighted by Crippen LogP contribution is 2.27. The Kier molecular flexibility index (Phi) is 5.63. The number of nitrogens with zero attached hydrogens (tertiary/aromatic N) is 1. The van der Waals surface area contributed by atoms with Crippen molar-refractivity contribution in [3.8, 4) is 5.75 Å². The zero-order chi connectivity index (χ0) is 18.6. The zero-order valence-corrected chi connectivity index (χ0v) is 15.9. The first kappa shape index (κ1) is 18.3. The average molecular weight is 367 g/mol. The van der Waals surface area contributed by atoms with Crippen molar-refractivity contribution < 1.29 is 14.6 Å². The molecule has 0 atom stereocenters. The van der Waals surface area contributed by atoms with Crippen LogP contribution in [-0.4, -0.2) is 35.2 Å². The Morgan fingerprint density at radius 2 is 1.67 bits per heavy atom. The minimum absolute atomic E-state index is 0.166. The molecule has 1 saturated heterocycles. The highest BCUT2D eigenvalue weighted by atomic mass is 16.5. The summed E-state index contributed by atoms with van der Waals surface area (Å²) in [7, 11) is 0. The highest BCUT2D eigenvalue weighted by molar-refractivity contribution is 5.84. The Labute approximate surface area is 161 Å². The number of benzene rings is 2. The van der Waals surface area contributed by atoms with Crippen molar-refractivity contribution >= 4 is 16.7 Å². The molecule has 2 aromatic rings. The Bertz CT molecular complexity index is 789. The molecule has 27 heavy (non-hydrogen) atoms. The van der Waals surface area contributed by atoms with Gasteiger partial charge in [0, 0.05) is 6.54 Å². The van der Waals surface area contributed by atoms with Gasteiger partial charge < -0.3 is 9.84 Å². The summed E-state index contributed by atoms with van der Waals surface area (Å²) in [5.74, 6) is 0.171. The standard InChI is InChI=1S/C23H29NO3/c25-23(26)18-10-12-24(13-11-18)16-17-6-7-20-15-22(9-8-19(20)14-17)27-21-4-2-1-3-5-21/h6-9,14-15,18,21H,1-5,10-13,16H2,(H,25,26). The van der Waals surface area contributed by atoms with Gasteiger partial charge in [0.05, 0.1) is 12.0 Å². The van der Waals surface area contributed by atoms with Gasteiger partial charge in [0.1, 0.15) is 5.75 Å². The first-order valence-electron chi connectivity index (χ1n) is 10.3. The van der Waals surface area contributed by atoms with E-state index in [4.69, 9.17) is 9.84 Å². The van der Waals surface area contributed by atoms with Crippen LogP contribution in [0.1, 0.15) is 50.5 Å². The molecule has 0 radical (unpaired) electrons. The minimum atomic E-state index is -0.647. The number of carboxylic acid groups (broad SMARTS) is 1. The molecule has 4 heteroatoms. The molecule has 2 aliphatic rings. The van der Waals surface area contributed by atoms with Crippen LogP contribution in [-0.2, 0) is 11.3 Å². The zero-order valence-electron chi connectivity index (χ0n) is 15.9. The van der Waals surface area contributed by atoms with Crippen LogP contribution in [0.2, 0.25) is 0 Å². The van der Waals surface area contributed by atoms with Crippen molar-refractivity contribution in [3.63, 3.8) is 0 Å². The molecule has 0 amide bonds. The van der Waals surface area contributed by atoms with Crippen LogP contribution >= 0.6 is 0 Å². The van der Waals surface area contributed by atoms with Gasteiger partial charge in [-0.25, -0.2) is 0 Å². The van der Waals surface area contributed by atoms with E-state index in [0.717, 1.165) is 38.2 Å². The van der Waals surface area contributed by atoms with E-state index in [9.17, 15) is 4.79 Å². The third kappa shape index (κ3) is 4.62. The molecule has 4 rings (SSSR count). The fourth-order valence-electron chi connectivity index (χ4n) is 4.42. The average Bonchev–Trinajstić information content (AvgIpc) is 2.69. The highest BCUT2D eigenvalue weighted by Gasteiger charge is 2.24. The molecule has 2 fully saturated rings. The van der Waals surface area contributed by atoms with Crippen molar-refractivity contribution in [2.75, 3.05) is 13.1 Å². The summed E-state index contributed by atoms with van der Waals surface area (Å²) in [4.78, 5) is 13.5. The molecule has 144 valence electrons. The summed E-state index contributed by atoms with van der Waals surface area (Å²) in [6.45, 7) is 2.62. The lowest BCUT2D eigenvalue weighted by Crippen LogP contribution is -2.35. The summed E-state index contributed by atoms with van der Waals surface area (Å²) in [5, 5.41) is 11.6. The smallest absolute Gasteiger partial charge is 0.306 e. The number of carbonyl (C=O) groups is 1. The molecule has 1 heterocycles. The van der Waals surface area contributed by atoms with Gasteiger partial charge in [-0.3, -0.25) is 9.69 Å². The summed E-state index contributed by atoms with van der Waals surface area (Å²) in [6, 6.07) is 13.0. The van der Waals surface area contributed by atoms with Crippen LogP contribution in [0, 0.1) is 5.92 Å². The second kappa shape index (κ2) is 8.30. The van der Waals surface area contributed by atoms with Crippen LogP contribution in [0.15, 0.2) is 36.4 Å².